The molecule has 2 bridgehead atoms. The summed E-state index contributed by atoms with van der Waals surface area (Å²) >= 11 is 1.98. The fourth-order valence-electron chi connectivity index (χ4n) is 2.43. The second-order valence-electron chi connectivity index (χ2n) is 4.54. The molecular formula is C13H15NO2S. The number of fused-ring (bicyclic) bond motifs is 2. The zero-order valence-electron chi connectivity index (χ0n) is 9.54. The molecule has 2 saturated heterocycles. The third-order valence-electron chi connectivity index (χ3n) is 3.34. The topological polar surface area (TPSA) is 29.5 Å². The Morgan fingerprint density at radius 2 is 2.24 bits per heavy atom. The maximum Gasteiger partial charge on any atom is 0.410 e. The Bertz CT molecular complexity index is 409. The van der Waals surface area contributed by atoms with Crippen LogP contribution in [0.2, 0.25) is 0 Å². The average Bonchev–Trinajstić information content (AvgIpc) is 2.99. The maximum atomic E-state index is 11.9. The lowest BCUT2D eigenvalue weighted by molar-refractivity contribution is 0.0945. The molecular weight excluding hydrogens is 234 g/mol. The average molecular weight is 249 g/mol. The van der Waals surface area contributed by atoms with Crippen molar-refractivity contribution in [3.05, 3.63) is 35.9 Å². The largest absolute Gasteiger partial charge is 0.445 e. The number of rotatable bonds is 2. The monoisotopic (exact) mass is 249 g/mol. The van der Waals surface area contributed by atoms with E-state index in [0.29, 0.717) is 17.9 Å². The third-order valence-corrected chi connectivity index (χ3v) is 4.73. The van der Waals surface area contributed by atoms with Gasteiger partial charge in [0.1, 0.15) is 6.61 Å². The van der Waals surface area contributed by atoms with E-state index in [1.165, 1.54) is 0 Å². The molecule has 17 heavy (non-hydrogen) atoms. The van der Waals surface area contributed by atoms with Gasteiger partial charge in [-0.3, -0.25) is 0 Å². The number of thioether (sulfide) groups is 1. The summed E-state index contributed by atoms with van der Waals surface area (Å²) < 4.78 is 5.34. The summed E-state index contributed by atoms with van der Waals surface area (Å²) in [4.78, 5) is 13.8. The summed E-state index contributed by atoms with van der Waals surface area (Å²) in [7, 11) is 0. The lowest BCUT2D eigenvalue weighted by Gasteiger charge is -2.25. The van der Waals surface area contributed by atoms with Crippen LogP contribution in [0, 0.1) is 0 Å². The van der Waals surface area contributed by atoms with Gasteiger partial charge in [0.15, 0.2) is 0 Å². The fourth-order valence-corrected chi connectivity index (χ4v) is 3.86. The van der Waals surface area contributed by atoms with Gasteiger partial charge in [-0.1, -0.05) is 30.3 Å². The molecule has 0 aliphatic carbocycles. The molecule has 4 heteroatoms. The zero-order valence-corrected chi connectivity index (χ0v) is 10.4. The quantitative estimate of drug-likeness (QED) is 0.806. The molecule has 2 atom stereocenters. The van der Waals surface area contributed by atoms with E-state index in [4.69, 9.17) is 4.74 Å². The fraction of sp³-hybridized carbons (Fsp3) is 0.462. The molecule has 0 spiro atoms. The molecule has 0 aromatic heterocycles. The molecule has 1 aromatic carbocycles. The van der Waals surface area contributed by atoms with Crippen molar-refractivity contribution in [1.82, 2.24) is 4.90 Å². The van der Waals surface area contributed by atoms with Crippen molar-refractivity contribution in [2.75, 3.05) is 12.3 Å². The minimum Gasteiger partial charge on any atom is -0.445 e. The number of carbonyl (C=O) groups is 1. The van der Waals surface area contributed by atoms with Gasteiger partial charge in [-0.25, -0.2) is 4.79 Å². The minimum absolute atomic E-state index is 0.151. The number of hydrogen-bond acceptors (Lipinski definition) is 3. The van der Waals surface area contributed by atoms with E-state index in [0.717, 1.165) is 24.3 Å². The molecule has 1 amide bonds. The van der Waals surface area contributed by atoms with Crippen molar-refractivity contribution in [2.45, 2.75) is 24.3 Å². The van der Waals surface area contributed by atoms with Gasteiger partial charge in [-0.15, -0.1) is 0 Å². The smallest absolute Gasteiger partial charge is 0.410 e. The molecule has 2 heterocycles. The van der Waals surface area contributed by atoms with Gasteiger partial charge in [0, 0.05) is 23.6 Å². The molecule has 0 saturated carbocycles. The van der Waals surface area contributed by atoms with Gasteiger partial charge in [-0.05, 0) is 12.0 Å². The zero-order chi connectivity index (χ0) is 11.7. The molecule has 0 radical (unpaired) electrons. The molecule has 2 aliphatic rings. The van der Waals surface area contributed by atoms with Crippen LogP contribution in [-0.4, -0.2) is 34.6 Å². The molecule has 3 nitrogen and oxygen atoms in total. The summed E-state index contributed by atoms with van der Waals surface area (Å²) in [6.45, 7) is 1.24. The van der Waals surface area contributed by atoms with Crippen LogP contribution < -0.4 is 0 Å². The first-order chi connectivity index (χ1) is 8.33. The highest BCUT2D eigenvalue weighted by Crippen LogP contribution is 2.37. The van der Waals surface area contributed by atoms with Gasteiger partial charge in [0.05, 0.1) is 0 Å². The lowest BCUT2D eigenvalue weighted by Crippen LogP contribution is -2.39. The number of hydrogen-bond donors (Lipinski definition) is 0. The normalized spacial score (nSPS) is 26.2. The van der Waals surface area contributed by atoms with E-state index >= 15 is 0 Å². The highest BCUT2D eigenvalue weighted by Gasteiger charge is 2.41. The standard InChI is InChI=1S/C13H15NO2S/c15-13(14-7-12-6-11(14)9-17-12)16-8-10-4-2-1-3-5-10/h1-5,11-12H,6-9H2. The lowest BCUT2D eigenvalue weighted by atomic mass is 10.2. The SMILES string of the molecule is O=C(OCc1ccccc1)N1CC2CC1CS2. The number of benzene rings is 1. The highest BCUT2D eigenvalue weighted by molar-refractivity contribution is 8.00. The molecule has 1 aromatic rings. The van der Waals surface area contributed by atoms with Gasteiger partial charge in [0.25, 0.3) is 0 Å². The van der Waals surface area contributed by atoms with E-state index in [1.807, 2.05) is 47.0 Å². The minimum atomic E-state index is -0.151. The van der Waals surface area contributed by atoms with Gasteiger partial charge in [-0.2, -0.15) is 11.8 Å². The van der Waals surface area contributed by atoms with Crippen molar-refractivity contribution in [3.63, 3.8) is 0 Å². The highest BCUT2D eigenvalue weighted by atomic mass is 32.2. The van der Waals surface area contributed by atoms with E-state index < -0.39 is 0 Å². The number of amides is 1. The second kappa shape index (κ2) is 4.61. The van der Waals surface area contributed by atoms with Crippen LogP contribution in [0.5, 0.6) is 0 Å². The Morgan fingerprint density at radius 1 is 1.41 bits per heavy atom. The molecule has 2 fully saturated rings. The number of nitrogens with zero attached hydrogens (tertiary/aromatic N) is 1. The van der Waals surface area contributed by atoms with Crippen LogP contribution >= 0.6 is 11.8 Å². The number of likely N-dealkylation sites (tertiary alicyclic amines) is 1. The third kappa shape index (κ3) is 2.27. The number of carbonyl (C=O) groups excluding carboxylic acids is 1. The van der Waals surface area contributed by atoms with Crippen molar-refractivity contribution >= 4 is 17.9 Å². The van der Waals surface area contributed by atoms with Crippen molar-refractivity contribution < 1.29 is 9.53 Å². The predicted octanol–water partition coefficient (Wildman–Crippen LogP) is 2.51. The molecule has 2 unspecified atom stereocenters. The summed E-state index contributed by atoms with van der Waals surface area (Å²) in [5.74, 6) is 1.07. The first-order valence-corrected chi connectivity index (χ1v) is 6.97. The van der Waals surface area contributed by atoms with Crippen LogP contribution in [0.25, 0.3) is 0 Å². The van der Waals surface area contributed by atoms with Crippen LogP contribution in [0.4, 0.5) is 4.79 Å². The van der Waals surface area contributed by atoms with Crippen molar-refractivity contribution in [2.24, 2.45) is 0 Å². The molecule has 2 aliphatic heterocycles. The number of ether oxygens (including phenoxy) is 1. The first kappa shape index (κ1) is 11.0. The Balaban J connectivity index is 1.54. The summed E-state index contributed by atoms with van der Waals surface area (Å²) in [5.41, 5.74) is 1.04. The van der Waals surface area contributed by atoms with E-state index in [1.54, 1.807) is 0 Å². The van der Waals surface area contributed by atoms with Crippen LogP contribution in [0.15, 0.2) is 30.3 Å². The Kier molecular flexibility index (Phi) is 2.97. The van der Waals surface area contributed by atoms with Crippen molar-refractivity contribution in [1.29, 1.82) is 0 Å². The second-order valence-corrected chi connectivity index (χ2v) is 5.87. The molecule has 3 rings (SSSR count). The van der Waals surface area contributed by atoms with Crippen LogP contribution in [0.3, 0.4) is 0 Å². The van der Waals surface area contributed by atoms with Gasteiger partial charge < -0.3 is 9.64 Å². The van der Waals surface area contributed by atoms with Gasteiger partial charge >= 0.3 is 6.09 Å². The predicted molar refractivity (Wildman–Crippen MR) is 68.0 cm³/mol. The first-order valence-electron chi connectivity index (χ1n) is 5.92. The van der Waals surface area contributed by atoms with Crippen LogP contribution in [0.1, 0.15) is 12.0 Å². The Labute approximate surface area is 105 Å². The summed E-state index contributed by atoms with van der Waals surface area (Å²) in [6, 6.07) is 10.2. The van der Waals surface area contributed by atoms with E-state index in [-0.39, 0.29) is 6.09 Å². The van der Waals surface area contributed by atoms with Gasteiger partial charge in [0.2, 0.25) is 0 Å². The Morgan fingerprint density at radius 3 is 2.88 bits per heavy atom. The molecule has 0 N–H and O–H groups in total. The molecule has 90 valence electrons. The summed E-state index contributed by atoms with van der Waals surface area (Å²) in [5, 5.41) is 0.643. The van der Waals surface area contributed by atoms with E-state index in [2.05, 4.69) is 0 Å². The maximum absolute atomic E-state index is 11.9. The Hall–Kier alpha value is -1.16. The van der Waals surface area contributed by atoms with Crippen molar-refractivity contribution in [3.8, 4) is 0 Å². The van der Waals surface area contributed by atoms with E-state index in [9.17, 15) is 4.79 Å². The summed E-state index contributed by atoms with van der Waals surface area (Å²) in [6.07, 6.45) is 0.993. The van der Waals surface area contributed by atoms with Crippen LogP contribution in [-0.2, 0) is 11.3 Å².